The first-order chi connectivity index (χ1) is 15.9. The Kier molecular flexibility index (Phi) is 5.20. The highest BCUT2D eigenvalue weighted by atomic mass is 16.5. The number of ether oxygens (including phenoxy) is 1. The van der Waals surface area contributed by atoms with Gasteiger partial charge in [0.2, 0.25) is 0 Å². The third-order valence-corrected chi connectivity index (χ3v) is 7.11. The molecule has 1 aromatic heterocycles. The number of fused-ring (bicyclic) bond motifs is 1. The van der Waals surface area contributed by atoms with Gasteiger partial charge in [-0.25, -0.2) is 4.98 Å². The second-order valence-electron chi connectivity index (χ2n) is 9.10. The molecule has 1 N–H and O–H groups in total. The zero-order chi connectivity index (χ0) is 23.2. The fourth-order valence-corrected chi connectivity index (χ4v) is 4.96. The molecule has 1 fully saturated rings. The number of aryl methyl sites for hydroxylation is 2. The predicted molar refractivity (Wildman–Crippen MR) is 132 cm³/mol. The number of imidazole rings is 1. The normalized spacial score (nSPS) is 18.1. The fraction of sp³-hybridized carbons (Fsp3) is 0.286. The Morgan fingerprint density at radius 2 is 1.91 bits per heavy atom. The third-order valence-electron chi connectivity index (χ3n) is 7.11. The molecule has 0 radical (unpaired) electrons. The van der Waals surface area contributed by atoms with E-state index in [9.17, 15) is 4.79 Å². The van der Waals surface area contributed by atoms with E-state index in [1.54, 1.807) is 7.11 Å². The first kappa shape index (κ1) is 21.3. The lowest BCUT2D eigenvalue weighted by Crippen LogP contribution is -2.43. The van der Waals surface area contributed by atoms with Crippen molar-refractivity contribution in [3.05, 3.63) is 83.2 Å². The van der Waals surface area contributed by atoms with Gasteiger partial charge in [-0.3, -0.25) is 4.79 Å². The quantitative estimate of drug-likeness (QED) is 0.424. The van der Waals surface area contributed by atoms with Crippen LogP contribution in [0, 0.1) is 13.8 Å². The van der Waals surface area contributed by atoms with Crippen LogP contribution in [-0.2, 0) is 5.54 Å². The van der Waals surface area contributed by atoms with Gasteiger partial charge in [0.1, 0.15) is 11.6 Å². The smallest absolute Gasteiger partial charge is 0.255 e. The Morgan fingerprint density at radius 3 is 2.73 bits per heavy atom. The van der Waals surface area contributed by atoms with E-state index in [-0.39, 0.29) is 5.91 Å². The number of nitrogens with one attached hydrogen (secondary N) is 1. The van der Waals surface area contributed by atoms with Crippen molar-refractivity contribution in [3.63, 3.8) is 0 Å². The number of nitrogens with zero attached hydrogens (tertiary/aromatic N) is 2. The maximum Gasteiger partial charge on any atom is 0.255 e. The van der Waals surface area contributed by atoms with Crippen LogP contribution in [0.3, 0.4) is 0 Å². The molecule has 3 aromatic carbocycles. The van der Waals surface area contributed by atoms with Gasteiger partial charge in [-0.15, -0.1) is 0 Å². The second kappa shape index (κ2) is 8.07. The molecule has 1 aliphatic rings. The monoisotopic (exact) mass is 439 g/mol. The largest absolute Gasteiger partial charge is 0.497 e. The molecule has 1 amide bonds. The van der Waals surface area contributed by atoms with Crippen LogP contribution in [0.1, 0.15) is 47.1 Å². The number of likely N-dealkylation sites (tertiary alicyclic amines) is 1. The molecule has 1 unspecified atom stereocenters. The summed E-state index contributed by atoms with van der Waals surface area (Å²) in [4.78, 5) is 24.5. The van der Waals surface area contributed by atoms with E-state index in [0.29, 0.717) is 12.1 Å². The number of hydrogen-bond donors (Lipinski definition) is 1. The van der Waals surface area contributed by atoms with Gasteiger partial charge < -0.3 is 14.6 Å². The average Bonchev–Trinajstić information content (AvgIpc) is 3.46. The lowest BCUT2D eigenvalue weighted by Gasteiger charge is -2.34. The number of methoxy groups -OCH3 is 1. The summed E-state index contributed by atoms with van der Waals surface area (Å²) in [5.74, 6) is 1.66. The van der Waals surface area contributed by atoms with Gasteiger partial charge in [0.25, 0.3) is 5.91 Å². The van der Waals surface area contributed by atoms with Crippen LogP contribution in [0.25, 0.3) is 22.2 Å². The van der Waals surface area contributed by atoms with Crippen LogP contribution in [0.15, 0.2) is 60.7 Å². The number of carbonyl (C=O) groups is 1. The number of aromatic amines is 1. The van der Waals surface area contributed by atoms with Crippen LogP contribution in [0.4, 0.5) is 0 Å². The molecule has 0 saturated carbocycles. The zero-order valence-electron chi connectivity index (χ0n) is 19.6. The first-order valence-corrected chi connectivity index (χ1v) is 11.4. The summed E-state index contributed by atoms with van der Waals surface area (Å²) >= 11 is 0. The Labute approximate surface area is 194 Å². The highest BCUT2D eigenvalue weighted by molar-refractivity contribution is 6.01. The average molecular weight is 440 g/mol. The molecule has 5 rings (SSSR count). The van der Waals surface area contributed by atoms with Crippen molar-refractivity contribution in [2.45, 2.75) is 39.2 Å². The van der Waals surface area contributed by atoms with E-state index in [2.05, 4.69) is 37.9 Å². The van der Waals surface area contributed by atoms with Crippen molar-refractivity contribution in [2.24, 2.45) is 0 Å². The van der Waals surface area contributed by atoms with Crippen molar-refractivity contribution in [2.75, 3.05) is 13.7 Å². The van der Waals surface area contributed by atoms with E-state index < -0.39 is 5.54 Å². The molecule has 1 aliphatic heterocycles. The lowest BCUT2D eigenvalue weighted by atomic mass is 9.94. The fourth-order valence-electron chi connectivity index (χ4n) is 4.96. The van der Waals surface area contributed by atoms with Gasteiger partial charge in [-0.2, -0.15) is 0 Å². The molecule has 5 nitrogen and oxygen atoms in total. The standard InChI is InChI=1S/C28H29N3O2/c1-18-13-14-24-25(19(18)2)30-27(29-24)28(3)15-8-16-31(28)26(32)23-12-6-5-11-22(23)20-9-7-10-21(17-20)33-4/h5-7,9-14,17H,8,15-16H2,1-4H3,(H,29,30). The third kappa shape index (κ3) is 3.48. The molecule has 0 spiro atoms. The molecule has 1 saturated heterocycles. The minimum atomic E-state index is -0.488. The highest BCUT2D eigenvalue weighted by Gasteiger charge is 2.44. The van der Waals surface area contributed by atoms with Gasteiger partial charge in [0.15, 0.2) is 0 Å². The minimum Gasteiger partial charge on any atom is -0.497 e. The summed E-state index contributed by atoms with van der Waals surface area (Å²) in [6.07, 6.45) is 1.82. The van der Waals surface area contributed by atoms with Crippen LogP contribution in [0.2, 0.25) is 0 Å². The molecule has 4 aromatic rings. The van der Waals surface area contributed by atoms with Gasteiger partial charge in [0.05, 0.1) is 23.7 Å². The number of aromatic nitrogens is 2. The maximum absolute atomic E-state index is 14.0. The number of carbonyl (C=O) groups excluding carboxylic acids is 1. The molecule has 1 atom stereocenters. The van der Waals surface area contributed by atoms with Crippen LogP contribution in [0.5, 0.6) is 5.75 Å². The Hall–Kier alpha value is -3.60. The molecule has 2 heterocycles. The zero-order valence-corrected chi connectivity index (χ0v) is 19.6. The van der Waals surface area contributed by atoms with Crippen molar-refractivity contribution in [1.82, 2.24) is 14.9 Å². The van der Waals surface area contributed by atoms with Gasteiger partial charge in [-0.05, 0) is 80.1 Å². The summed E-state index contributed by atoms with van der Waals surface area (Å²) in [5.41, 5.74) is 6.49. The molecule has 0 bridgehead atoms. The minimum absolute atomic E-state index is 0.0294. The van der Waals surface area contributed by atoms with Gasteiger partial charge in [-0.1, -0.05) is 36.4 Å². The summed E-state index contributed by atoms with van der Waals surface area (Å²) < 4.78 is 5.41. The maximum atomic E-state index is 14.0. The van der Waals surface area contributed by atoms with Gasteiger partial charge >= 0.3 is 0 Å². The molecule has 0 aliphatic carbocycles. The molecule has 33 heavy (non-hydrogen) atoms. The summed E-state index contributed by atoms with van der Waals surface area (Å²) in [6.45, 7) is 7.04. The predicted octanol–water partition coefficient (Wildman–Crippen LogP) is 6.01. The van der Waals surface area contributed by atoms with E-state index >= 15 is 0 Å². The van der Waals surface area contributed by atoms with E-state index in [1.807, 2.05) is 53.4 Å². The Bertz CT molecular complexity index is 1360. The Morgan fingerprint density at radius 1 is 1.09 bits per heavy atom. The van der Waals surface area contributed by atoms with E-state index in [4.69, 9.17) is 9.72 Å². The number of amides is 1. The van der Waals surface area contributed by atoms with Crippen molar-refractivity contribution in [1.29, 1.82) is 0 Å². The number of hydrogen-bond acceptors (Lipinski definition) is 3. The van der Waals surface area contributed by atoms with Crippen molar-refractivity contribution in [3.8, 4) is 16.9 Å². The second-order valence-corrected chi connectivity index (χ2v) is 9.10. The lowest BCUT2D eigenvalue weighted by molar-refractivity contribution is 0.0607. The van der Waals surface area contributed by atoms with Crippen molar-refractivity contribution >= 4 is 16.9 Å². The van der Waals surface area contributed by atoms with Crippen LogP contribution >= 0.6 is 0 Å². The van der Waals surface area contributed by atoms with Gasteiger partial charge in [0, 0.05) is 12.1 Å². The number of benzene rings is 3. The number of rotatable bonds is 4. The van der Waals surface area contributed by atoms with Crippen LogP contribution in [-0.4, -0.2) is 34.4 Å². The molecule has 168 valence electrons. The van der Waals surface area contributed by atoms with E-state index in [1.165, 1.54) is 11.1 Å². The summed E-state index contributed by atoms with van der Waals surface area (Å²) in [7, 11) is 1.66. The molecule has 5 heteroatoms. The highest BCUT2D eigenvalue weighted by Crippen LogP contribution is 2.40. The van der Waals surface area contributed by atoms with E-state index in [0.717, 1.165) is 46.6 Å². The molecular formula is C28H29N3O2. The summed E-state index contributed by atoms with van der Waals surface area (Å²) in [6, 6.07) is 19.9. The number of H-pyrrole nitrogens is 1. The van der Waals surface area contributed by atoms with Crippen LogP contribution < -0.4 is 4.74 Å². The molecular weight excluding hydrogens is 410 g/mol. The first-order valence-electron chi connectivity index (χ1n) is 11.4. The summed E-state index contributed by atoms with van der Waals surface area (Å²) in [5, 5.41) is 0. The Balaban J connectivity index is 1.56. The topological polar surface area (TPSA) is 58.2 Å². The SMILES string of the molecule is COc1cccc(-c2ccccc2C(=O)N2CCCC2(C)c2nc3c(C)c(C)ccc3[nH]2)c1. The van der Waals surface area contributed by atoms with Crippen molar-refractivity contribution < 1.29 is 9.53 Å².